The largest absolute Gasteiger partial charge is 1.00 e. The minimum absolute atomic E-state index is 0. The third kappa shape index (κ3) is 33.7. The number of rotatable bonds is 18. The smallest absolute Gasteiger partial charge is 0.790 e. The number of hydrogen-bond acceptors (Lipinski definition) is 9. The quantitative estimate of drug-likeness (QED) is 0.0515. The average molecular weight is 568 g/mol. The van der Waals surface area contributed by atoms with E-state index in [2.05, 4.69) is 47.0 Å². The van der Waals surface area contributed by atoms with Crippen LogP contribution in [0.4, 0.5) is 0 Å². The Morgan fingerprint density at radius 2 is 1.35 bits per heavy atom. The number of ether oxygens (including phenoxy) is 2. The number of esters is 2. The van der Waals surface area contributed by atoms with Gasteiger partial charge in [-0.2, -0.15) is 0 Å². The number of carbonyl (C=O) groups is 2. The predicted molar refractivity (Wildman–Crippen MR) is 140 cm³/mol. The molecule has 3 N–H and O–H groups in total. The van der Waals surface area contributed by atoms with Crippen LogP contribution in [-0.4, -0.2) is 31.3 Å². The summed E-state index contributed by atoms with van der Waals surface area (Å²) in [7, 11) is -5.28. The second kappa shape index (κ2) is 30.2. The van der Waals surface area contributed by atoms with E-state index in [-0.39, 0.29) is 78.8 Å². The molecule has 0 unspecified atom stereocenters. The molecular formula is C25H48NNa2O8P. The van der Waals surface area contributed by atoms with Crippen molar-refractivity contribution in [2.24, 2.45) is 0 Å². The summed E-state index contributed by atoms with van der Waals surface area (Å²) in [6, 6.07) is 0. The van der Waals surface area contributed by atoms with E-state index < -0.39 is 39.1 Å². The second-order valence-electron chi connectivity index (χ2n) is 7.61. The van der Waals surface area contributed by atoms with E-state index in [0.29, 0.717) is 6.42 Å². The third-order valence-electron chi connectivity index (χ3n) is 4.58. The number of hydrogen-bond donors (Lipinski definition) is 1. The van der Waals surface area contributed by atoms with Gasteiger partial charge >= 0.3 is 71.1 Å². The van der Waals surface area contributed by atoms with Crippen molar-refractivity contribution in [3.63, 3.8) is 0 Å². The number of phosphoric acid groups is 1. The van der Waals surface area contributed by atoms with E-state index in [1.807, 2.05) is 0 Å². The molecule has 0 aromatic rings. The fraction of sp³-hybridized carbons (Fsp3) is 0.680. The van der Waals surface area contributed by atoms with Gasteiger partial charge in [0.1, 0.15) is 6.61 Å². The Bertz CT molecular complexity index is 853. The standard InChI is InChI=1S/C25H37O8P.H3N.2Na.5H2/c1-3-5-7-9-10-11-12-13-14-16-18-20-25(27)33-23(22-32-34(28,29)30)21-31-24(26)19-17-15-8-6-4-2;;;;;;;;/h23H,3,5,7,9-14,16,18,20-22H2,1-2H3,(H2,28,29,30);1H3;;;5*1H/q;;2*+1;;;;;/p-2/t23-;;;;;;;;/m1......../s1. The van der Waals surface area contributed by atoms with Crippen molar-refractivity contribution in [2.75, 3.05) is 13.2 Å². The SMILES string of the molecule is CC#CC#CC#CC(=O)OC[C@H](COP(=O)([O-])[O-])OC(=O)CCCCCCCCCCCCC.N.[HH].[HH].[HH].[HH].[HH].[Na+].[Na+]. The minimum atomic E-state index is -5.28. The monoisotopic (exact) mass is 567 g/mol. The molecule has 0 saturated carbocycles. The maximum absolute atomic E-state index is 12.1. The van der Waals surface area contributed by atoms with Crippen LogP contribution in [0.15, 0.2) is 0 Å². The third-order valence-corrected chi connectivity index (χ3v) is 5.04. The molecule has 0 heterocycles. The molecule has 37 heavy (non-hydrogen) atoms. The summed E-state index contributed by atoms with van der Waals surface area (Å²) < 4.78 is 24.8. The molecule has 0 saturated heterocycles. The van der Waals surface area contributed by atoms with E-state index >= 15 is 0 Å². The van der Waals surface area contributed by atoms with Gasteiger partial charge in [-0.05, 0) is 37.0 Å². The van der Waals surface area contributed by atoms with Gasteiger partial charge in [0.25, 0.3) is 0 Å². The van der Waals surface area contributed by atoms with E-state index in [4.69, 9.17) is 9.47 Å². The Labute approximate surface area is 274 Å². The molecule has 1 atom stereocenters. The van der Waals surface area contributed by atoms with Gasteiger partial charge in [-0.1, -0.05) is 77.1 Å². The Morgan fingerprint density at radius 1 is 0.838 bits per heavy atom. The molecule has 0 aromatic heterocycles. The van der Waals surface area contributed by atoms with Gasteiger partial charge in [0.2, 0.25) is 0 Å². The molecule has 0 aliphatic rings. The van der Waals surface area contributed by atoms with Crippen LogP contribution in [0.2, 0.25) is 0 Å². The van der Waals surface area contributed by atoms with Crippen LogP contribution in [0.25, 0.3) is 0 Å². The molecule has 12 heteroatoms. The molecule has 208 valence electrons. The summed E-state index contributed by atoms with van der Waals surface area (Å²) in [5.41, 5.74) is 0. The van der Waals surface area contributed by atoms with Crippen molar-refractivity contribution in [3.05, 3.63) is 0 Å². The number of unbranched alkanes of at least 4 members (excludes halogenated alkanes) is 10. The Balaban J connectivity index is -0.000000194. The Hall–Kier alpha value is -0.310. The first kappa shape index (κ1) is 43.7. The fourth-order valence-corrected chi connectivity index (χ4v) is 3.23. The summed E-state index contributed by atoms with van der Waals surface area (Å²) in [5, 5.41) is 0. The van der Waals surface area contributed by atoms with Crippen molar-refractivity contribution in [3.8, 4) is 35.5 Å². The van der Waals surface area contributed by atoms with Gasteiger partial charge in [-0.25, -0.2) is 4.79 Å². The van der Waals surface area contributed by atoms with Crippen molar-refractivity contribution in [1.29, 1.82) is 0 Å². The molecule has 0 bridgehead atoms. The van der Waals surface area contributed by atoms with Crippen LogP contribution in [0.3, 0.4) is 0 Å². The van der Waals surface area contributed by atoms with Crippen LogP contribution in [0, 0.1) is 35.5 Å². The van der Waals surface area contributed by atoms with Gasteiger partial charge in [0.05, 0.1) is 14.4 Å². The molecule has 0 fully saturated rings. The number of carbonyl (C=O) groups excluding carboxylic acids is 2. The normalized spacial score (nSPS) is 10.2. The van der Waals surface area contributed by atoms with E-state index in [1.165, 1.54) is 44.9 Å². The fourth-order valence-electron chi connectivity index (χ4n) is 2.88. The summed E-state index contributed by atoms with van der Waals surface area (Å²) in [4.78, 5) is 45.1. The maximum Gasteiger partial charge on any atom is 1.00 e. The molecule has 0 amide bonds. The van der Waals surface area contributed by atoms with Crippen LogP contribution < -0.4 is 75.1 Å². The average Bonchev–Trinajstić information content (AvgIpc) is 2.78. The van der Waals surface area contributed by atoms with Crippen LogP contribution in [0.5, 0.6) is 0 Å². The molecule has 0 spiro atoms. The van der Waals surface area contributed by atoms with E-state index in [1.54, 1.807) is 6.92 Å². The minimum Gasteiger partial charge on any atom is -0.790 e. The first-order valence-electron chi connectivity index (χ1n) is 11.7. The first-order valence-corrected chi connectivity index (χ1v) is 13.2. The number of phosphoric ester groups is 1. The molecule has 9 nitrogen and oxygen atoms in total. The summed E-state index contributed by atoms with van der Waals surface area (Å²) in [5.74, 6) is 12.4. The first-order chi connectivity index (χ1) is 16.3. The van der Waals surface area contributed by atoms with E-state index in [9.17, 15) is 23.9 Å². The van der Waals surface area contributed by atoms with Gasteiger partial charge in [0.15, 0.2) is 6.10 Å². The molecular weight excluding hydrogens is 519 g/mol. The summed E-state index contributed by atoms with van der Waals surface area (Å²) >= 11 is 0. The molecule has 0 radical (unpaired) electrons. The van der Waals surface area contributed by atoms with E-state index in [0.717, 1.165) is 19.3 Å². The van der Waals surface area contributed by atoms with Crippen molar-refractivity contribution < 1.29 is 104 Å². The summed E-state index contributed by atoms with van der Waals surface area (Å²) in [6.07, 6.45) is 11.4. The second-order valence-corrected chi connectivity index (χ2v) is 8.77. The van der Waals surface area contributed by atoms with Crippen LogP contribution in [-0.2, 0) is 28.2 Å². The zero-order valence-electron chi connectivity index (χ0n) is 22.9. The topological polar surface area (TPSA) is 160 Å². The van der Waals surface area contributed by atoms with Gasteiger partial charge in [-0.15, -0.1) is 0 Å². The maximum atomic E-state index is 12.1. The van der Waals surface area contributed by atoms with Crippen LogP contribution in [0.1, 0.15) is 98.0 Å². The molecule has 0 aromatic carbocycles. The molecule has 0 aliphatic carbocycles. The molecule has 0 rings (SSSR count). The zero-order chi connectivity index (χ0) is 25.5. The predicted octanol–water partition coefficient (Wildman–Crippen LogP) is -1.58. The van der Waals surface area contributed by atoms with Crippen molar-refractivity contribution >= 4 is 19.8 Å². The van der Waals surface area contributed by atoms with Crippen LogP contribution >= 0.6 is 7.82 Å². The molecule has 0 aliphatic heterocycles. The Kier molecular flexibility index (Phi) is 35.7. The van der Waals surface area contributed by atoms with Gasteiger partial charge in [0, 0.05) is 19.5 Å². The Morgan fingerprint density at radius 3 is 1.86 bits per heavy atom. The van der Waals surface area contributed by atoms with Gasteiger partial charge in [-0.3, -0.25) is 4.79 Å². The van der Waals surface area contributed by atoms with Gasteiger partial charge < -0.3 is 34.5 Å². The zero-order valence-corrected chi connectivity index (χ0v) is 27.8. The van der Waals surface area contributed by atoms with Crippen molar-refractivity contribution in [2.45, 2.75) is 97.0 Å². The summed E-state index contributed by atoms with van der Waals surface area (Å²) in [6.45, 7) is 2.54. The van der Waals surface area contributed by atoms with Crippen molar-refractivity contribution in [1.82, 2.24) is 6.15 Å².